The van der Waals surface area contributed by atoms with Gasteiger partial charge in [0.15, 0.2) is 0 Å². The van der Waals surface area contributed by atoms with E-state index in [1.807, 2.05) is 56.3 Å². The number of oxazole rings is 1. The largest absolute Gasteiger partial charge is 0.492 e. The Morgan fingerprint density at radius 2 is 2.11 bits per heavy atom. The molecular formula is C22H22N2O4. The van der Waals surface area contributed by atoms with Gasteiger partial charge >= 0.3 is 0 Å². The number of hydrogen-bond donors (Lipinski definition) is 1. The highest BCUT2D eigenvalue weighted by Crippen LogP contribution is 2.38. The van der Waals surface area contributed by atoms with E-state index in [1.54, 1.807) is 0 Å². The number of carbonyl (C=O) groups excluding carboxylic acids is 1. The van der Waals surface area contributed by atoms with Gasteiger partial charge in [-0.25, -0.2) is 4.98 Å². The van der Waals surface area contributed by atoms with Gasteiger partial charge in [-0.2, -0.15) is 0 Å². The number of nitrogens with zero attached hydrogens (tertiary/aromatic N) is 1. The molecule has 1 N–H and O–H groups in total. The van der Waals surface area contributed by atoms with E-state index < -0.39 is 0 Å². The molecule has 0 radical (unpaired) electrons. The van der Waals surface area contributed by atoms with Gasteiger partial charge in [-0.15, -0.1) is 0 Å². The van der Waals surface area contributed by atoms with Crippen molar-refractivity contribution < 1.29 is 18.7 Å². The number of anilines is 1. The summed E-state index contributed by atoms with van der Waals surface area (Å²) >= 11 is 0. The highest BCUT2D eigenvalue weighted by atomic mass is 16.5. The molecule has 4 rings (SSSR count). The number of hydrogen-bond acceptors (Lipinski definition) is 5. The highest BCUT2D eigenvalue weighted by Gasteiger charge is 2.23. The fraction of sp³-hybridized carbons (Fsp3) is 0.273. The minimum absolute atomic E-state index is 0.107. The monoisotopic (exact) mass is 378 g/mol. The molecule has 1 atom stereocenters. The first-order valence-corrected chi connectivity index (χ1v) is 9.38. The standard InChI is InChI=1S/C22H22N2O4/c1-3-26-20-10-16-9-14(2)28-19(16)12-18(20)24-21(25)11-17-13-27-22(23-17)15-7-5-4-6-8-15/h4-8,10,12-14H,3,9,11H2,1-2H3,(H,24,25). The van der Waals surface area contributed by atoms with E-state index in [4.69, 9.17) is 13.9 Å². The van der Waals surface area contributed by atoms with Crippen LogP contribution in [0.3, 0.4) is 0 Å². The van der Waals surface area contributed by atoms with Gasteiger partial charge in [-0.1, -0.05) is 18.2 Å². The lowest BCUT2D eigenvalue weighted by molar-refractivity contribution is -0.115. The maximum atomic E-state index is 12.6. The van der Waals surface area contributed by atoms with Crippen molar-refractivity contribution in [2.45, 2.75) is 32.8 Å². The van der Waals surface area contributed by atoms with Crippen molar-refractivity contribution in [3.8, 4) is 23.0 Å². The summed E-state index contributed by atoms with van der Waals surface area (Å²) < 4.78 is 17.0. The van der Waals surface area contributed by atoms with Crippen LogP contribution in [0.5, 0.6) is 11.5 Å². The van der Waals surface area contributed by atoms with Crippen LogP contribution < -0.4 is 14.8 Å². The first kappa shape index (κ1) is 18.1. The van der Waals surface area contributed by atoms with Crippen LogP contribution in [-0.4, -0.2) is 23.6 Å². The number of benzene rings is 2. The molecule has 0 aliphatic carbocycles. The summed E-state index contributed by atoms with van der Waals surface area (Å²) in [5.41, 5.74) is 3.14. The van der Waals surface area contributed by atoms with Crippen molar-refractivity contribution in [3.63, 3.8) is 0 Å². The molecule has 2 aromatic carbocycles. The topological polar surface area (TPSA) is 73.6 Å². The van der Waals surface area contributed by atoms with E-state index in [1.165, 1.54) is 6.26 Å². The molecule has 1 aliphatic heterocycles. The third kappa shape index (κ3) is 3.86. The van der Waals surface area contributed by atoms with Crippen molar-refractivity contribution in [2.24, 2.45) is 0 Å². The molecule has 3 aromatic rings. The molecule has 1 amide bonds. The molecule has 28 heavy (non-hydrogen) atoms. The third-order valence-electron chi connectivity index (χ3n) is 4.49. The van der Waals surface area contributed by atoms with E-state index in [2.05, 4.69) is 10.3 Å². The normalized spacial score (nSPS) is 15.0. The summed E-state index contributed by atoms with van der Waals surface area (Å²) in [6, 6.07) is 13.4. The fourth-order valence-electron chi connectivity index (χ4n) is 3.27. The quantitative estimate of drug-likeness (QED) is 0.694. The average Bonchev–Trinajstić information content (AvgIpc) is 3.28. The van der Waals surface area contributed by atoms with E-state index >= 15 is 0 Å². The van der Waals surface area contributed by atoms with Crippen LogP contribution in [0.2, 0.25) is 0 Å². The number of fused-ring (bicyclic) bond motifs is 1. The van der Waals surface area contributed by atoms with Gasteiger partial charge in [-0.05, 0) is 32.0 Å². The Balaban J connectivity index is 1.48. The molecule has 1 aliphatic rings. The summed E-state index contributed by atoms with van der Waals surface area (Å²) in [7, 11) is 0. The zero-order chi connectivity index (χ0) is 19.5. The number of amides is 1. The average molecular weight is 378 g/mol. The summed E-state index contributed by atoms with van der Waals surface area (Å²) in [5, 5.41) is 2.91. The zero-order valence-corrected chi connectivity index (χ0v) is 15.9. The Labute approximate surface area is 163 Å². The SMILES string of the molecule is CCOc1cc2c(cc1NC(=O)Cc1coc(-c3ccccc3)n1)OC(C)C2. The van der Waals surface area contributed by atoms with Crippen LogP contribution in [0.1, 0.15) is 25.1 Å². The molecule has 6 heteroatoms. The Bertz CT molecular complexity index is 981. The van der Waals surface area contributed by atoms with Gasteiger partial charge in [-0.3, -0.25) is 4.79 Å². The van der Waals surface area contributed by atoms with Crippen LogP contribution in [0.25, 0.3) is 11.5 Å². The maximum Gasteiger partial charge on any atom is 0.230 e. The summed E-state index contributed by atoms with van der Waals surface area (Å²) in [4.78, 5) is 17.0. The lowest BCUT2D eigenvalue weighted by Crippen LogP contribution is -2.15. The van der Waals surface area contributed by atoms with Crippen molar-refractivity contribution in [1.29, 1.82) is 0 Å². The predicted molar refractivity (Wildman–Crippen MR) is 106 cm³/mol. The predicted octanol–water partition coefficient (Wildman–Crippen LogP) is 4.24. The highest BCUT2D eigenvalue weighted by molar-refractivity contribution is 5.94. The Morgan fingerprint density at radius 3 is 2.89 bits per heavy atom. The Kier molecular flexibility index (Phi) is 5.02. The molecule has 0 spiro atoms. The maximum absolute atomic E-state index is 12.6. The van der Waals surface area contributed by atoms with Gasteiger partial charge < -0.3 is 19.2 Å². The van der Waals surface area contributed by atoms with E-state index in [9.17, 15) is 4.79 Å². The molecule has 0 fully saturated rings. The van der Waals surface area contributed by atoms with Crippen LogP contribution in [-0.2, 0) is 17.6 Å². The molecule has 2 heterocycles. The zero-order valence-electron chi connectivity index (χ0n) is 15.9. The van der Waals surface area contributed by atoms with Crippen molar-refractivity contribution in [2.75, 3.05) is 11.9 Å². The minimum Gasteiger partial charge on any atom is -0.492 e. The Hall–Kier alpha value is -3.28. The smallest absolute Gasteiger partial charge is 0.230 e. The second-order valence-electron chi connectivity index (χ2n) is 6.76. The van der Waals surface area contributed by atoms with E-state index in [0.29, 0.717) is 29.6 Å². The lowest BCUT2D eigenvalue weighted by Gasteiger charge is -2.13. The molecule has 1 unspecified atom stereocenters. The summed E-state index contributed by atoms with van der Waals surface area (Å²) in [6.07, 6.45) is 2.59. The number of carbonyl (C=O) groups is 1. The van der Waals surface area contributed by atoms with Crippen molar-refractivity contribution in [1.82, 2.24) is 4.98 Å². The first-order chi connectivity index (χ1) is 13.6. The second kappa shape index (κ2) is 7.76. The van der Waals surface area contributed by atoms with Gasteiger partial charge in [0.1, 0.15) is 23.9 Å². The van der Waals surface area contributed by atoms with E-state index in [0.717, 1.165) is 23.3 Å². The lowest BCUT2D eigenvalue weighted by atomic mass is 10.1. The number of nitrogens with one attached hydrogen (secondary N) is 1. The molecule has 1 aromatic heterocycles. The van der Waals surface area contributed by atoms with E-state index in [-0.39, 0.29) is 18.4 Å². The second-order valence-corrected chi connectivity index (χ2v) is 6.76. The van der Waals surface area contributed by atoms with Gasteiger partial charge in [0.25, 0.3) is 0 Å². The number of aromatic nitrogens is 1. The summed E-state index contributed by atoms with van der Waals surface area (Å²) in [5.74, 6) is 1.75. The van der Waals surface area contributed by atoms with Gasteiger partial charge in [0.05, 0.1) is 24.4 Å². The van der Waals surface area contributed by atoms with Crippen molar-refractivity contribution in [3.05, 3.63) is 60.0 Å². The summed E-state index contributed by atoms with van der Waals surface area (Å²) in [6.45, 7) is 4.45. The number of rotatable bonds is 6. The van der Waals surface area contributed by atoms with Gasteiger partial charge in [0, 0.05) is 23.6 Å². The molecule has 0 saturated heterocycles. The molecule has 144 valence electrons. The first-order valence-electron chi connectivity index (χ1n) is 9.38. The van der Waals surface area contributed by atoms with Gasteiger partial charge in [0.2, 0.25) is 11.8 Å². The molecule has 0 saturated carbocycles. The minimum atomic E-state index is -0.195. The fourth-order valence-corrected chi connectivity index (χ4v) is 3.27. The van der Waals surface area contributed by atoms with Crippen LogP contribution in [0.4, 0.5) is 5.69 Å². The van der Waals surface area contributed by atoms with Crippen LogP contribution in [0.15, 0.2) is 53.1 Å². The van der Waals surface area contributed by atoms with Crippen LogP contribution in [0, 0.1) is 0 Å². The molecule has 0 bridgehead atoms. The van der Waals surface area contributed by atoms with Crippen LogP contribution >= 0.6 is 0 Å². The molecule has 6 nitrogen and oxygen atoms in total. The third-order valence-corrected chi connectivity index (χ3v) is 4.49. The molecular weight excluding hydrogens is 356 g/mol. The number of ether oxygens (including phenoxy) is 2. The Morgan fingerprint density at radius 1 is 1.29 bits per heavy atom. The van der Waals surface area contributed by atoms with Crippen molar-refractivity contribution >= 4 is 11.6 Å².